The van der Waals surface area contributed by atoms with Gasteiger partial charge in [0.15, 0.2) is 23.0 Å². The molecule has 0 saturated carbocycles. The number of carbonyl (C=O) groups excluding carboxylic acids is 2. The predicted molar refractivity (Wildman–Crippen MR) is 153 cm³/mol. The normalized spacial score (nSPS) is 17.2. The number of rotatable bonds is 6. The van der Waals surface area contributed by atoms with Gasteiger partial charge in [-0.2, -0.15) is 0 Å². The number of aryl methyl sites for hydroxylation is 1. The van der Waals surface area contributed by atoms with Crippen LogP contribution in [0.1, 0.15) is 28.8 Å². The highest BCUT2D eigenvalue weighted by Gasteiger charge is 2.31. The molecule has 11 heteroatoms. The van der Waals surface area contributed by atoms with Gasteiger partial charge in [-0.3, -0.25) is 14.0 Å². The molecule has 2 aliphatic heterocycles. The predicted octanol–water partition coefficient (Wildman–Crippen LogP) is 3.63. The van der Waals surface area contributed by atoms with Crippen molar-refractivity contribution in [3.8, 4) is 17.0 Å². The van der Waals surface area contributed by atoms with Gasteiger partial charge >= 0.3 is 0 Å². The van der Waals surface area contributed by atoms with Crippen molar-refractivity contribution < 1.29 is 18.7 Å². The van der Waals surface area contributed by atoms with Gasteiger partial charge in [-0.1, -0.05) is 0 Å². The lowest BCUT2D eigenvalue weighted by atomic mass is 10.1. The zero-order chi connectivity index (χ0) is 28.5. The van der Waals surface area contributed by atoms with E-state index in [2.05, 4.69) is 20.6 Å². The second kappa shape index (κ2) is 11.2. The Balaban J connectivity index is 1.15. The van der Waals surface area contributed by atoms with Crippen LogP contribution in [0.25, 0.3) is 16.9 Å². The summed E-state index contributed by atoms with van der Waals surface area (Å²) in [4.78, 5) is 38.7. The number of aromatic nitrogens is 3. The van der Waals surface area contributed by atoms with E-state index >= 15 is 0 Å². The number of carbonyl (C=O) groups is 2. The zero-order valence-electron chi connectivity index (χ0n) is 23.1. The minimum Gasteiger partial charge on any atom is -0.494 e. The van der Waals surface area contributed by atoms with Crippen LogP contribution in [0, 0.1) is 12.7 Å². The maximum Gasteiger partial charge on any atom is 0.254 e. The Morgan fingerprint density at radius 3 is 2.59 bits per heavy atom. The first-order valence-corrected chi connectivity index (χ1v) is 13.8. The number of nitrogens with zero attached hydrogens (tertiary/aromatic N) is 5. The van der Waals surface area contributed by atoms with Crippen LogP contribution >= 0.6 is 0 Å². The van der Waals surface area contributed by atoms with E-state index in [0.717, 1.165) is 30.6 Å². The standard InChI is InChI=1S/C30H32FN7O3/c1-19-16-21(6-7-22(19)29(39)36-12-14-37(15-13-36)30(40)24-4-3-9-32-24)35-27-28-34-18-25(38(28)11-10-33-27)20-5-8-26(41-2)23(31)17-20/h5-8,10-11,16-18,24,32H,3-4,9,12-15H2,1-2H3,(H,33,35). The average Bonchev–Trinajstić information content (AvgIpc) is 3.68. The Labute approximate surface area is 237 Å². The van der Waals surface area contributed by atoms with Crippen molar-refractivity contribution in [3.63, 3.8) is 0 Å². The van der Waals surface area contributed by atoms with Gasteiger partial charge in [0.25, 0.3) is 5.91 Å². The molecule has 1 unspecified atom stereocenters. The number of benzene rings is 2. The first kappa shape index (κ1) is 26.7. The summed E-state index contributed by atoms with van der Waals surface area (Å²) < 4.78 is 21.2. The molecule has 1 atom stereocenters. The van der Waals surface area contributed by atoms with Crippen molar-refractivity contribution >= 4 is 29.0 Å². The molecule has 6 rings (SSSR count). The number of fused-ring (bicyclic) bond motifs is 1. The molecule has 2 amide bonds. The van der Waals surface area contributed by atoms with Crippen molar-refractivity contribution in [2.24, 2.45) is 0 Å². The summed E-state index contributed by atoms with van der Waals surface area (Å²) in [5, 5.41) is 6.57. The highest BCUT2D eigenvalue weighted by atomic mass is 19.1. The fraction of sp³-hybridized carbons (Fsp3) is 0.333. The number of imidazole rings is 1. The smallest absolute Gasteiger partial charge is 0.254 e. The van der Waals surface area contributed by atoms with E-state index < -0.39 is 5.82 Å². The van der Waals surface area contributed by atoms with Crippen molar-refractivity contribution in [2.75, 3.05) is 45.2 Å². The molecule has 2 saturated heterocycles. The Hall–Kier alpha value is -4.51. The Bertz CT molecular complexity index is 1610. The molecule has 0 aliphatic carbocycles. The largest absolute Gasteiger partial charge is 0.494 e. The van der Waals surface area contributed by atoms with Gasteiger partial charge in [-0.15, -0.1) is 0 Å². The fourth-order valence-electron chi connectivity index (χ4n) is 5.58. The van der Waals surface area contributed by atoms with Crippen LogP contribution in [0.3, 0.4) is 0 Å². The van der Waals surface area contributed by atoms with Crippen molar-refractivity contribution in [1.29, 1.82) is 0 Å². The molecule has 0 radical (unpaired) electrons. The van der Waals surface area contributed by atoms with Gasteiger partial charge in [0.05, 0.1) is 25.0 Å². The molecule has 2 aromatic carbocycles. The number of amides is 2. The molecule has 4 heterocycles. The number of hydrogen-bond acceptors (Lipinski definition) is 7. The zero-order valence-corrected chi connectivity index (χ0v) is 23.1. The quantitative estimate of drug-likeness (QED) is 0.373. The van der Waals surface area contributed by atoms with Crippen molar-refractivity contribution in [1.82, 2.24) is 29.5 Å². The number of halogens is 1. The summed E-state index contributed by atoms with van der Waals surface area (Å²) >= 11 is 0. The summed E-state index contributed by atoms with van der Waals surface area (Å²) in [5.74, 6) is 0.367. The van der Waals surface area contributed by atoms with Gasteiger partial charge in [-0.25, -0.2) is 14.4 Å². The number of methoxy groups -OCH3 is 1. The van der Waals surface area contributed by atoms with E-state index in [1.165, 1.54) is 13.2 Å². The van der Waals surface area contributed by atoms with E-state index in [-0.39, 0.29) is 23.6 Å². The van der Waals surface area contributed by atoms with Crippen LogP contribution in [0.5, 0.6) is 5.75 Å². The molecule has 212 valence electrons. The highest BCUT2D eigenvalue weighted by Crippen LogP contribution is 2.29. The number of nitrogens with one attached hydrogen (secondary N) is 2. The topological polar surface area (TPSA) is 104 Å². The Kier molecular flexibility index (Phi) is 7.27. The summed E-state index contributed by atoms with van der Waals surface area (Å²) in [6, 6.07) is 10.3. The molecule has 10 nitrogen and oxygen atoms in total. The molecule has 2 aliphatic rings. The third-order valence-electron chi connectivity index (χ3n) is 7.83. The monoisotopic (exact) mass is 557 g/mol. The lowest BCUT2D eigenvalue weighted by molar-refractivity contribution is -0.134. The minimum absolute atomic E-state index is 0.0370. The van der Waals surface area contributed by atoms with Crippen LogP contribution in [-0.2, 0) is 4.79 Å². The molecule has 4 aromatic rings. The van der Waals surface area contributed by atoms with Gasteiger partial charge in [0.2, 0.25) is 5.91 Å². The van der Waals surface area contributed by atoms with Crippen LogP contribution in [0.2, 0.25) is 0 Å². The van der Waals surface area contributed by atoms with Crippen LogP contribution in [-0.4, -0.2) is 81.9 Å². The summed E-state index contributed by atoms with van der Waals surface area (Å²) in [6.45, 7) is 4.92. The van der Waals surface area contributed by atoms with Crippen molar-refractivity contribution in [3.05, 3.63) is 71.9 Å². The lowest BCUT2D eigenvalue weighted by Gasteiger charge is -2.36. The lowest BCUT2D eigenvalue weighted by Crippen LogP contribution is -2.54. The number of ether oxygens (including phenoxy) is 1. The van der Waals surface area contributed by atoms with Crippen LogP contribution < -0.4 is 15.4 Å². The van der Waals surface area contributed by atoms with Gasteiger partial charge in [0.1, 0.15) is 0 Å². The Morgan fingerprint density at radius 2 is 1.88 bits per heavy atom. The fourth-order valence-corrected chi connectivity index (χ4v) is 5.58. The SMILES string of the molecule is COc1ccc(-c2cnc3c(Nc4ccc(C(=O)N5CCN(C(=O)C6CCCN6)CC5)c(C)c4)nccn23)cc1F. The highest BCUT2D eigenvalue weighted by molar-refractivity contribution is 5.96. The van der Waals surface area contributed by atoms with Gasteiger partial charge in [-0.05, 0) is 68.3 Å². The number of piperazine rings is 1. The van der Waals surface area contributed by atoms with E-state index in [1.807, 2.05) is 39.3 Å². The first-order valence-electron chi connectivity index (χ1n) is 13.8. The third-order valence-corrected chi connectivity index (χ3v) is 7.83. The summed E-state index contributed by atoms with van der Waals surface area (Å²) in [5.41, 5.74) is 4.18. The summed E-state index contributed by atoms with van der Waals surface area (Å²) in [7, 11) is 1.43. The molecule has 0 bridgehead atoms. The maximum atomic E-state index is 14.3. The Morgan fingerprint density at radius 1 is 1.07 bits per heavy atom. The second-order valence-electron chi connectivity index (χ2n) is 10.4. The molecule has 41 heavy (non-hydrogen) atoms. The van der Waals surface area contributed by atoms with E-state index in [4.69, 9.17) is 4.74 Å². The second-order valence-corrected chi connectivity index (χ2v) is 10.4. The number of anilines is 2. The molecule has 2 N–H and O–H groups in total. The molecule has 2 aromatic heterocycles. The summed E-state index contributed by atoms with van der Waals surface area (Å²) in [6.07, 6.45) is 7.01. The third kappa shape index (κ3) is 5.20. The van der Waals surface area contributed by atoms with E-state index in [0.29, 0.717) is 54.5 Å². The first-order chi connectivity index (χ1) is 19.9. The molecular formula is C30H32FN7O3. The molecular weight excluding hydrogens is 525 g/mol. The molecule has 2 fully saturated rings. The van der Waals surface area contributed by atoms with Gasteiger partial charge in [0, 0.05) is 55.4 Å². The maximum absolute atomic E-state index is 14.3. The van der Waals surface area contributed by atoms with Gasteiger partial charge < -0.3 is 25.2 Å². The van der Waals surface area contributed by atoms with E-state index in [1.54, 1.807) is 30.7 Å². The minimum atomic E-state index is -0.450. The average molecular weight is 558 g/mol. The van der Waals surface area contributed by atoms with Crippen molar-refractivity contribution in [2.45, 2.75) is 25.8 Å². The van der Waals surface area contributed by atoms with E-state index in [9.17, 15) is 14.0 Å². The van der Waals surface area contributed by atoms with Crippen LogP contribution in [0.4, 0.5) is 15.9 Å². The van der Waals surface area contributed by atoms with Crippen LogP contribution in [0.15, 0.2) is 55.0 Å². The number of hydrogen-bond donors (Lipinski definition) is 2. The molecule has 0 spiro atoms.